The van der Waals surface area contributed by atoms with E-state index >= 15 is 0 Å². The van der Waals surface area contributed by atoms with Gasteiger partial charge in [0.1, 0.15) is 5.69 Å². The van der Waals surface area contributed by atoms with Crippen molar-refractivity contribution in [1.82, 2.24) is 15.5 Å². The molecule has 33 heavy (non-hydrogen) atoms. The van der Waals surface area contributed by atoms with Gasteiger partial charge in [0.15, 0.2) is 5.82 Å². The number of hydrogen-bond acceptors (Lipinski definition) is 3. The normalized spacial score (nSPS) is 12.5. The highest BCUT2D eigenvalue weighted by molar-refractivity contribution is 6.31. The summed E-state index contributed by atoms with van der Waals surface area (Å²) in [5.41, 5.74) is -2.55. The average molecular weight is 490 g/mol. The Morgan fingerprint density at radius 2 is 1.73 bits per heavy atom. The Balaban J connectivity index is 1.99. The van der Waals surface area contributed by atoms with Gasteiger partial charge in [0.25, 0.3) is 5.91 Å². The number of guanidine groups is 1. The second-order valence-electron chi connectivity index (χ2n) is 6.67. The molecule has 1 amide bonds. The molecule has 3 N–H and O–H groups in total. The fraction of sp³-hybridized carbons (Fsp3) is 0.150. The number of carbonyl (C=O) groups is 1. The van der Waals surface area contributed by atoms with E-state index in [2.05, 4.69) is 20.7 Å². The van der Waals surface area contributed by atoms with Crippen molar-refractivity contribution in [3.05, 3.63) is 75.9 Å². The van der Waals surface area contributed by atoms with E-state index < -0.39 is 41.3 Å². The number of H-pyrrole nitrogens is 1. The van der Waals surface area contributed by atoms with E-state index in [4.69, 9.17) is 11.6 Å². The lowest BCUT2D eigenvalue weighted by atomic mass is 10.2. The highest BCUT2D eigenvalue weighted by atomic mass is 35.5. The van der Waals surface area contributed by atoms with Crippen LogP contribution in [0.15, 0.2) is 53.5 Å². The second-order valence-corrected chi connectivity index (χ2v) is 7.11. The van der Waals surface area contributed by atoms with Crippen LogP contribution in [0.25, 0.3) is 0 Å². The minimum atomic E-state index is -4.73. The van der Waals surface area contributed by atoms with Gasteiger partial charge in [-0.15, -0.1) is 0 Å². The van der Waals surface area contributed by atoms with Crippen LogP contribution in [-0.2, 0) is 12.4 Å². The molecule has 0 radical (unpaired) electrons. The summed E-state index contributed by atoms with van der Waals surface area (Å²) in [4.78, 5) is 16.5. The van der Waals surface area contributed by atoms with Crippen LogP contribution in [0.4, 0.5) is 37.8 Å². The zero-order valence-corrected chi connectivity index (χ0v) is 17.3. The summed E-state index contributed by atoms with van der Waals surface area (Å²) < 4.78 is 78.2. The molecule has 3 rings (SSSR count). The van der Waals surface area contributed by atoms with Crippen molar-refractivity contribution in [2.24, 2.45) is 4.99 Å². The number of aromatic nitrogens is 2. The average Bonchev–Trinajstić information content (AvgIpc) is 3.08. The predicted molar refractivity (Wildman–Crippen MR) is 109 cm³/mol. The molecule has 1 heterocycles. The maximum atomic E-state index is 13.0. The molecule has 0 bridgehead atoms. The molecule has 6 nitrogen and oxygen atoms in total. The van der Waals surface area contributed by atoms with Gasteiger partial charge in [-0.3, -0.25) is 15.2 Å². The van der Waals surface area contributed by atoms with Crippen molar-refractivity contribution in [2.75, 3.05) is 5.32 Å². The molecular formula is C20H14ClF6N5O. The fourth-order valence-electron chi connectivity index (χ4n) is 2.69. The van der Waals surface area contributed by atoms with Crippen LogP contribution in [0.1, 0.15) is 27.2 Å². The maximum absolute atomic E-state index is 13.0. The Morgan fingerprint density at radius 3 is 2.33 bits per heavy atom. The van der Waals surface area contributed by atoms with Crippen molar-refractivity contribution in [3.63, 3.8) is 0 Å². The quantitative estimate of drug-likeness (QED) is 0.242. The lowest BCUT2D eigenvalue weighted by molar-refractivity contribution is -0.141. The third-order valence-electron chi connectivity index (χ3n) is 4.26. The number of aliphatic imine (C=N–C) groups is 1. The van der Waals surface area contributed by atoms with Gasteiger partial charge in [0.05, 0.1) is 5.56 Å². The third-order valence-corrected chi connectivity index (χ3v) is 4.49. The van der Waals surface area contributed by atoms with Crippen molar-refractivity contribution in [3.8, 4) is 0 Å². The number of rotatable bonds is 3. The van der Waals surface area contributed by atoms with E-state index in [0.29, 0.717) is 0 Å². The number of nitrogens with one attached hydrogen (secondary N) is 3. The van der Waals surface area contributed by atoms with Gasteiger partial charge in [-0.25, -0.2) is 0 Å². The highest BCUT2D eigenvalue weighted by Crippen LogP contribution is 2.34. The molecule has 0 aliphatic rings. The third kappa shape index (κ3) is 6.04. The van der Waals surface area contributed by atoms with Gasteiger partial charge in [-0.1, -0.05) is 23.7 Å². The molecule has 0 fully saturated rings. The molecule has 0 saturated carbocycles. The van der Waals surface area contributed by atoms with Crippen molar-refractivity contribution >= 4 is 35.0 Å². The lowest BCUT2D eigenvalue weighted by Crippen LogP contribution is -2.36. The fourth-order valence-corrected chi connectivity index (χ4v) is 2.88. The molecule has 0 atom stereocenters. The SMILES string of the molecule is Cc1c(N=C(NC(=O)c2cccc(Cl)c2)Nc2cccc(C(F)(F)F)c2)n[nH]c1C(F)(F)F. The van der Waals surface area contributed by atoms with Crippen LogP contribution in [0, 0.1) is 6.92 Å². The number of nitrogens with zero attached hydrogens (tertiary/aromatic N) is 2. The number of amides is 1. The number of aromatic amines is 1. The summed E-state index contributed by atoms with van der Waals surface area (Å²) in [5, 5.41) is 10.3. The molecule has 2 aromatic carbocycles. The number of anilines is 1. The highest BCUT2D eigenvalue weighted by Gasteiger charge is 2.36. The molecule has 0 unspecified atom stereocenters. The number of halogens is 7. The zero-order valence-electron chi connectivity index (χ0n) is 16.6. The van der Waals surface area contributed by atoms with Crippen molar-refractivity contribution < 1.29 is 31.1 Å². The lowest BCUT2D eigenvalue weighted by Gasteiger charge is -2.13. The minimum Gasteiger partial charge on any atom is -0.326 e. The van der Waals surface area contributed by atoms with E-state index in [9.17, 15) is 31.1 Å². The summed E-state index contributed by atoms with van der Waals surface area (Å²) in [7, 11) is 0. The summed E-state index contributed by atoms with van der Waals surface area (Å²) in [6.45, 7) is 1.10. The van der Waals surface area contributed by atoms with Gasteiger partial charge in [0, 0.05) is 21.8 Å². The van der Waals surface area contributed by atoms with Gasteiger partial charge >= 0.3 is 12.4 Å². The zero-order chi connectivity index (χ0) is 24.4. The largest absolute Gasteiger partial charge is 0.433 e. The molecular weight excluding hydrogens is 476 g/mol. The van der Waals surface area contributed by atoms with E-state index in [1.807, 2.05) is 5.10 Å². The van der Waals surface area contributed by atoms with Crippen LogP contribution in [0.5, 0.6) is 0 Å². The molecule has 0 aliphatic heterocycles. The van der Waals surface area contributed by atoms with Crippen molar-refractivity contribution in [1.29, 1.82) is 0 Å². The van der Waals surface area contributed by atoms with Crippen LogP contribution in [0.3, 0.4) is 0 Å². The molecule has 13 heteroatoms. The molecule has 3 aromatic rings. The maximum Gasteiger partial charge on any atom is 0.433 e. The standard InChI is InChI=1S/C20H14ClF6N5O/c1-10-15(20(25,26)27)31-32-16(10)29-18(30-17(33)11-4-2-6-13(21)8-11)28-14-7-3-5-12(9-14)19(22,23)24/h2-9H,1H3,(H3,28,29,30,31,32,33). The minimum absolute atomic E-state index is 0.0794. The van der Waals surface area contributed by atoms with Crippen LogP contribution < -0.4 is 10.6 Å². The Morgan fingerprint density at radius 1 is 1.03 bits per heavy atom. The second kappa shape index (κ2) is 9.14. The number of carbonyl (C=O) groups excluding carboxylic acids is 1. The molecule has 0 spiro atoms. The number of hydrogen-bond donors (Lipinski definition) is 3. The first-order valence-electron chi connectivity index (χ1n) is 9.06. The van der Waals surface area contributed by atoms with Gasteiger partial charge in [0.2, 0.25) is 5.96 Å². The van der Waals surface area contributed by atoms with E-state index in [1.54, 1.807) is 0 Å². The first kappa shape index (κ1) is 24.1. The summed E-state index contributed by atoms with van der Waals surface area (Å²) in [6.07, 6.45) is -9.37. The van der Waals surface area contributed by atoms with Crippen LogP contribution in [0.2, 0.25) is 5.02 Å². The summed E-state index contributed by atoms with van der Waals surface area (Å²) >= 11 is 5.86. The summed E-state index contributed by atoms with van der Waals surface area (Å²) in [5.74, 6) is -1.65. The monoisotopic (exact) mass is 489 g/mol. The molecule has 174 valence electrons. The van der Waals surface area contributed by atoms with Crippen LogP contribution in [-0.4, -0.2) is 22.1 Å². The van der Waals surface area contributed by atoms with Crippen molar-refractivity contribution in [2.45, 2.75) is 19.3 Å². The van der Waals surface area contributed by atoms with E-state index in [1.165, 1.54) is 30.3 Å². The topological polar surface area (TPSA) is 82.2 Å². The molecule has 0 saturated heterocycles. The van der Waals surface area contributed by atoms with E-state index in [-0.39, 0.29) is 21.8 Å². The number of alkyl halides is 6. The Bertz CT molecular complexity index is 1200. The predicted octanol–water partition coefficient (Wildman–Crippen LogP) is 5.94. The Labute approximate surface area is 187 Å². The Kier molecular flexibility index (Phi) is 6.68. The first-order valence-corrected chi connectivity index (χ1v) is 9.44. The van der Waals surface area contributed by atoms with E-state index in [0.717, 1.165) is 25.1 Å². The Hall–Kier alpha value is -3.54. The number of benzene rings is 2. The molecule has 1 aromatic heterocycles. The van der Waals surface area contributed by atoms with Crippen LogP contribution >= 0.6 is 11.6 Å². The van der Waals surface area contributed by atoms with Gasteiger partial charge in [-0.05, 0) is 43.3 Å². The molecule has 0 aliphatic carbocycles. The first-order chi connectivity index (χ1) is 15.3. The van der Waals surface area contributed by atoms with Gasteiger partial charge in [-0.2, -0.15) is 36.4 Å². The summed E-state index contributed by atoms with van der Waals surface area (Å²) in [6, 6.07) is 9.68. The van der Waals surface area contributed by atoms with Gasteiger partial charge < -0.3 is 5.32 Å². The smallest absolute Gasteiger partial charge is 0.326 e.